The molecule has 0 aliphatic rings. The number of nitrogens with one attached hydrogen (secondary N) is 1. The Hall–Kier alpha value is -2.34. The summed E-state index contributed by atoms with van der Waals surface area (Å²) in [5, 5.41) is 13.8. The number of carbonyl (C=O) groups excluding carboxylic acids is 1. The number of thioether (sulfide) groups is 1. The van der Waals surface area contributed by atoms with Crippen molar-refractivity contribution in [2.45, 2.75) is 17.6 Å². The fourth-order valence-corrected chi connectivity index (χ4v) is 5.02. The molecule has 0 bridgehead atoms. The smallest absolute Gasteiger partial charge is 0.340 e. The van der Waals surface area contributed by atoms with E-state index in [-0.39, 0.29) is 12.4 Å². The molecular formula is C22H17Cl2NO3S. The van der Waals surface area contributed by atoms with E-state index in [2.05, 4.69) is 4.98 Å². The Bertz CT molecular complexity index is 1220. The molecule has 0 saturated carbocycles. The van der Waals surface area contributed by atoms with E-state index in [1.165, 1.54) is 11.8 Å². The number of aromatic nitrogens is 1. The molecular weight excluding hydrogens is 429 g/mol. The fraction of sp³-hybridized carbons (Fsp3) is 0.136. The molecule has 148 valence electrons. The largest absolute Gasteiger partial charge is 0.507 e. The van der Waals surface area contributed by atoms with Gasteiger partial charge in [0.1, 0.15) is 5.75 Å². The van der Waals surface area contributed by atoms with Gasteiger partial charge < -0.3 is 14.8 Å². The lowest BCUT2D eigenvalue weighted by Gasteiger charge is -2.08. The molecule has 1 aromatic heterocycles. The zero-order valence-corrected chi connectivity index (χ0v) is 17.8. The van der Waals surface area contributed by atoms with Crippen LogP contribution in [-0.2, 0) is 10.5 Å². The summed E-state index contributed by atoms with van der Waals surface area (Å²) in [5.41, 5.74) is 1.89. The molecule has 4 aromatic rings. The number of phenolic OH excluding ortho intramolecular Hbond substituents is 1. The number of carbonyl (C=O) groups is 1. The van der Waals surface area contributed by atoms with Crippen LogP contribution >= 0.6 is 35.0 Å². The molecule has 0 atom stereocenters. The van der Waals surface area contributed by atoms with Gasteiger partial charge in [-0.15, -0.1) is 11.8 Å². The van der Waals surface area contributed by atoms with Crippen LogP contribution < -0.4 is 0 Å². The lowest BCUT2D eigenvalue weighted by atomic mass is 10.0. The molecule has 0 spiro atoms. The van der Waals surface area contributed by atoms with Crippen LogP contribution in [0.1, 0.15) is 23.0 Å². The van der Waals surface area contributed by atoms with Crippen molar-refractivity contribution in [2.75, 3.05) is 6.61 Å². The van der Waals surface area contributed by atoms with Gasteiger partial charge in [-0.1, -0.05) is 53.5 Å². The number of halogens is 2. The predicted molar refractivity (Wildman–Crippen MR) is 119 cm³/mol. The van der Waals surface area contributed by atoms with E-state index >= 15 is 0 Å². The second-order valence-electron chi connectivity index (χ2n) is 6.40. The summed E-state index contributed by atoms with van der Waals surface area (Å²) in [5.74, 6) is 0.113. The minimum absolute atomic E-state index is 0.117. The summed E-state index contributed by atoms with van der Waals surface area (Å²) in [6.07, 6.45) is 0. The molecule has 0 saturated heterocycles. The van der Waals surface area contributed by atoms with Gasteiger partial charge in [0.25, 0.3) is 0 Å². The number of phenols is 1. The van der Waals surface area contributed by atoms with Crippen molar-refractivity contribution in [3.63, 3.8) is 0 Å². The first-order valence-electron chi connectivity index (χ1n) is 9.00. The molecule has 4 rings (SSSR count). The molecule has 1 heterocycles. The predicted octanol–water partition coefficient (Wildman–Crippen LogP) is 6.80. The maximum absolute atomic E-state index is 12.7. The van der Waals surface area contributed by atoms with Crippen molar-refractivity contribution >= 4 is 62.6 Å². The third kappa shape index (κ3) is 3.66. The number of esters is 1. The number of fused-ring (bicyclic) bond motifs is 3. The maximum atomic E-state index is 12.7. The minimum Gasteiger partial charge on any atom is -0.507 e. The van der Waals surface area contributed by atoms with Gasteiger partial charge in [-0.2, -0.15) is 0 Å². The minimum atomic E-state index is -0.436. The maximum Gasteiger partial charge on any atom is 0.340 e. The molecule has 0 aliphatic heterocycles. The first-order valence-corrected chi connectivity index (χ1v) is 10.7. The number of H-pyrrole nitrogens is 1. The van der Waals surface area contributed by atoms with Crippen molar-refractivity contribution in [3.05, 3.63) is 69.8 Å². The van der Waals surface area contributed by atoms with E-state index < -0.39 is 5.97 Å². The van der Waals surface area contributed by atoms with Gasteiger partial charge in [-0.05, 0) is 25.1 Å². The highest BCUT2D eigenvalue weighted by molar-refractivity contribution is 7.98. The zero-order valence-electron chi connectivity index (χ0n) is 15.5. The van der Waals surface area contributed by atoms with Gasteiger partial charge in [0.2, 0.25) is 0 Å². The Balaban J connectivity index is 1.87. The van der Waals surface area contributed by atoms with Crippen molar-refractivity contribution in [2.24, 2.45) is 0 Å². The van der Waals surface area contributed by atoms with Gasteiger partial charge in [0.15, 0.2) is 0 Å². The fourth-order valence-electron chi connectivity index (χ4n) is 3.37. The van der Waals surface area contributed by atoms with Crippen LogP contribution in [0.15, 0.2) is 53.4 Å². The van der Waals surface area contributed by atoms with Gasteiger partial charge in [-0.25, -0.2) is 4.79 Å². The Labute approximate surface area is 181 Å². The quantitative estimate of drug-likeness (QED) is 0.261. The molecule has 0 aliphatic carbocycles. The Kier molecular flexibility index (Phi) is 5.63. The molecule has 0 fully saturated rings. The first kappa shape index (κ1) is 20.0. The van der Waals surface area contributed by atoms with Gasteiger partial charge in [0.05, 0.1) is 27.7 Å². The SMILES string of the molecule is CCOC(=O)c1c(CSc2c(Cl)cccc2Cl)[nH]c2c1cc(O)c1ccccc12. The van der Waals surface area contributed by atoms with Crippen LogP contribution in [0.3, 0.4) is 0 Å². The van der Waals surface area contributed by atoms with E-state index in [4.69, 9.17) is 27.9 Å². The average molecular weight is 446 g/mol. The summed E-state index contributed by atoms with van der Waals surface area (Å²) in [7, 11) is 0. The van der Waals surface area contributed by atoms with Crippen LogP contribution in [-0.4, -0.2) is 22.7 Å². The highest BCUT2D eigenvalue weighted by Crippen LogP contribution is 2.39. The first-order chi connectivity index (χ1) is 14.0. The molecule has 0 radical (unpaired) electrons. The molecule has 0 amide bonds. The number of benzene rings is 3. The van der Waals surface area contributed by atoms with Crippen molar-refractivity contribution in [3.8, 4) is 5.75 Å². The monoisotopic (exact) mass is 445 g/mol. The number of rotatable bonds is 5. The van der Waals surface area contributed by atoms with E-state index in [1.54, 1.807) is 31.2 Å². The lowest BCUT2D eigenvalue weighted by Crippen LogP contribution is -2.06. The molecule has 29 heavy (non-hydrogen) atoms. The second kappa shape index (κ2) is 8.19. The van der Waals surface area contributed by atoms with Gasteiger partial charge >= 0.3 is 5.97 Å². The van der Waals surface area contributed by atoms with Crippen LogP contribution in [0.5, 0.6) is 5.75 Å². The average Bonchev–Trinajstić information content (AvgIpc) is 3.06. The number of hydrogen-bond donors (Lipinski definition) is 2. The number of hydrogen-bond acceptors (Lipinski definition) is 4. The molecule has 0 unspecified atom stereocenters. The summed E-state index contributed by atoms with van der Waals surface area (Å²) in [6.45, 7) is 2.02. The summed E-state index contributed by atoms with van der Waals surface area (Å²) in [4.78, 5) is 16.9. The summed E-state index contributed by atoms with van der Waals surface area (Å²) in [6, 6.07) is 14.5. The molecule has 2 N–H and O–H groups in total. The van der Waals surface area contributed by atoms with Crippen molar-refractivity contribution in [1.29, 1.82) is 0 Å². The Morgan fingerprint density at radius 1 is 1.07 bits per heavy atom. The van der Waals surface area contributed by atoms with Crippen LogP contribution in [0, 0.1) is 0 Å². The van der Waals surface area contributed by atoms with E-state index in [9.17, 15) is 9.90 Å². The van der Waals surface area contributed by atoms with Crippen molar-refractivity contribution < 1.29 is 14.6 Å². The van der Waals surface area contributed by atoms with Crippen LogP contribution in [0.25, 0.3) is 21.7 Å². The van der Waals surface area contributed by atoms with E-state index in [0.29, 0.717) is 37.8 Å². The van der Waals surface area contributed by atoms with Crippen molar-refractivity contribution in [1.82, 2.24) is 4.98 Å². The molecule has 7 heteroatoms. The third-order valence-electron chi connectivity index (χ3n) is 4.63. The summed E-state index contributed by atoms with van der Waals surface area (Å²) >= 11 is 14.0. The third-order valence-corrected chi connectivity index (χ3v) is 6.64. The normalized spacial score (nSPS) is 11.3. The Morgan fingerprint density at radius 2 is 1.76 bits per heavy atom. The number of aromatic hydroxyl groups is 1. The van der Waals surface area contributed by atoms with Gasteiger partial charge in [0, 0.05) is 32.5 Å². The lowest BCUT2D eigenvalue weighted by molar-refractivity contribution is 0.0528. The highest BCUT2D eigenvalue weighted by Gasteiger charge is 2.22. The zero-order chi connectivity index (χ0) is 20.5. The molecule has 3 aromatic carbocycles. The van der Waals surface area contributed by atoms with Crippen LogP contribution in [0.4, 0.5) is 0 Å². The standard InChI is InChI=1S/C22H17Cl2NO3S/c1-2-28-22(27)19-14-10-18(26)12-6-3-4-7-13(12)20(14)25-17(19)11-29-21-15(23)8-5-9-16(21)24/h3-10,25-26H,2,11H2,1H3. The number of ether oxygens (including phenoxy) is 1. The Morgan fingerprint density at radius 3 is 2.45 bits per heavy atom. The second-order valence-corrected chi connectivity index (χ2v) is 8.20. The topological polar surface area (TPSA) is 62.3 Å². The van der Waals surface area contributed by atoms with Crippen LogP contribution in [0.2, 0.25) is 10.0 Å². The molecule has 4 nitrogen and oxygen atoms in total. The number of aromatic amines is 1. The van der Waals surface area contributed by atoms with Gasteiger partial charge in [-0.3, -0.25) is 0 Å². The van der Waals surface area contributed by atoms with E-state index in [1.807, 2.05) is 24.3 Å². The van der Waals surface area contributed by atoms with E-state index in [0.717, 1.165) is 15.8 Å². The summed E-state index contributed by atoms with van der Waals surface area (Å²) < 4.78 is 5.28. The highest BCUT2D eigenvalue weighted by atomic mass is 35.5.